The lowest BCUT2D eigenvalue weighted by atomic mass is 10.1. The number of anilines is 1. The van der Waals surface area contributed by atoms with E-state index in [1.807, 2.05) is 0 Å². The molecule has 1 aromatic rings. The van der Waals surface area contributed by atoms with Crippen molar-refractivity contribution in [2.75, 3.05) is 18.5 Å². The lowest BCUT2D eigenvalue weighted by Gasteiger charge is -2.24. The molecule has 96 valence electrons. The number of benzene rings is 1. The average Bonchev–Trinajstić information content (AvgIpc) is 2.13. The molecule has 0 aliphatic heterocycles. The summed E-state index contributed by atoms with van der Waals surface area (Å²) in [6.07, 6.45) is -5.54. The lowest BCUT2D eigenvalue weighted by molar-refractivity contribution is -0.119. The van der Waals surface area contributed by atoms with Gasteiger partial charge in [-0.25, -0.2) is 4.39 Å². The summed E-state index contributed by atoms with van der Waals surface area (Å²) in [6, 6.07) is 3.76. The Labute approximate surface area is 96.5 Å². The van der Waals surface area contributed by atoms with E-state index in [2.05, 4.69) is 0 Å². The number of nitrogens with zero attached hydrogens (tertiary/aromatic N) is 1. The van der Waals surface area contributed by atoms with Gasteiger partial charge in [-0.3, -0.25) is 0 Å². The maximum atomic E-state index is 13.4. The van der Waals surface area contributed by atoms with E-state index in [0.717, 1.165) is 11.0 Å². The lowest BCUT2D eigenvalue weighted by Crippen LogP contribution is -2.31. The van der Waals surface area contributed by atoms with Gasteiger partial charge in [0.15, 0.2) is 0 Å². The zero-order valence-corrected chi connectivity index (χ0v) is 9.42. The molecule has 0 heterocycles. The molecule has 0 saturated heterocycles. The van der Waals surface area contributed by atoms with Crippen molar-refractivity contribution in [2.24, 2.45) is 0 Å². The smallest absolute Gasteiger partial charge is 0.389 e. The number of hydrogen-bond donors (Lipinski definition) is 1. The van der Waals surface area contributed by atoms with Crippen molar-refractivity contribution in [1.82, 2.24) is 0 Å². The maximum Gasteiger partial charge on any atom is 0.405 e. The molecule has 17 heavy (non-hydrogen) atoms. The van der Waals surface area contributed by atoms with Gasteiger partial charge < -0.3 is 10.0 Å². The first-order valence-corrected chi connectivity index (χ1v) is 4.96. The van der Waals surface area contributed by atoms with Gasteiger partial charge in [0.05, 0.1) is 6.10 Å². The van der Waals surface area contributed by atoms with Gasteiger partial charge in [0.25, 0.3) is 0 Å². The summed E-state index contributed by atoms with van der Waals surface area (Å²) in [5, 5.41) is 9.38. The molecule has 1 aromatic carbocycles. The molecule has 0 radical (unpaired) electrons. The van der Waals surface area contributed by atoms with E-state index in [4.69, 9.17) is 0 Å². The first-order valence-electron chi connectivity index (χ1n) is 4.96. The highest BCUT2D eigenvalue weighted by Crippen LogP contribution is 2.30. The Kier molecular flexibility index (Phi) is 3.98. The van der Waals surface area contributed by atoms with Gasteiger partial charge in [0.2, 0.25) is 0 Å². The van der Waals surface area contributed by atoms with Gasteiger partial charge in [-0.05, 0) is 19.1 Å². The highest BCUT2D eigenvalue weighted by molar-refractivity contribution is 5.54. The minimum absolute atomic E-state index is 0.0392. The van der Waals surface area contributed by atoms with Crippen molar-refractivity contribution in [3.05, 3.63) is 29.6 Å². The third-order valence-electron chi connectivity index (χ3n) is 2.28. The van der Waals surface area contributed by atoms with Gasteiger partial charge in [-0.1, -0.05) is 6.07 Å². The Morgan fingerprint density at radius 3 is 2.41 bits per heavy atom. The van der Waals surface area contributed by atoms with Crippen LogP contribution in [0, 0.1) is 5.82 Å². The number of aliphatic hydroxyl groups excluding tert-OH is 1. The molecule has 0 saturated carbocycles. The van der Waals surface area contributed by atoms with E-state index in [9.17, 15) is 22.7 Å². The SMILES string of the molecule is CC(O)c1c(F)cccc1N(C)CC(F)(F)F. The van der Waals surface area contributed by atoms with Crippen LogP contribution in [0.5, 0.6) is 0 Å². The molecular weight excluding hydrogens is 238 g/mol. The van der Waals surface area contributed by atoms with Crippen molar-refractivity contribution in [2.45, 2.75) is 19.2 Å². The fourth-order valence-electron chi connectivity index (χ4n) is 1.63. The third kappa shape index (κ3) is 3.59. The molecule has 1 N–H and O–H groups in total. The van der Waals surface area contributed by atoms with E-state index in [0.29, 0.717) is 0 Å². The van der Waals surface area contributed by atoms with Crippen LogP contribution >= 0.6 is 0 Å². The first kappa shape index (κ1) is 13.8. The van der Waals surface area contributed by atoms with Crippen molar-refractivity contribution in [1.29, 1.82) is 0 Å². The van der Waals surface area contributed by atoms with Crippen LogP contribution in [0.4, 0.5) is 23.2 Å². The van der Waals surface area contributed by atoms with Crippen LogP contribution in [0.25, 0.3) is 0 Å². The predicted molar refractivity (Wildman–Crippen MR) is 56.4 cm³/mol. The molecule has 6 heteroatoms. The van der Waals surface area contributed by atoms with Crippen molar-refractivity contribution >= 4 is 5.69 Å². The zero-order valence-electron chi connectivity index (χ0n) is 9.42. The number of halogens is 4. The predicted octanol–water partition coefficient (Wildman–Crippen LogP) is 2.88. The molecule has 0 amide bonds. The number of alkyl halides is 3. The summed E-state index contributed by atoms with van der Waals surface area (Å²) >= 11 is 0. The van der Waals surface area contributed by atoms with E-state index in [1.165, 1.54) is 26.1 Å². The van der Waals surface area contributed by atoms with Gasteiger partial charge >= 0.3 is 6.18 Å². The normalized spacial score (nSPS) is 13.6. The minimum Gasteiger partial charge on any atom is -0.389 e. The standard InChI is InChI=1S/C11H13F4NO/c1-7(17)10-8(12)4-3-5-9(10)16(2)6-11(13,14)15/h3-5,7,17H,6H2,1-2H3. The molecule has 1 atom stereocenters. The van der Waals surface area contributed by atoms with Crippen LogP contribution < -0.4 is 4.90 Å². The molecule has 2 nitrogen and oxygen atoms in total. The largest absolute Gasteiger partial charge is 0.405 e. The van der Waals surface area contributed by atoms with Crippen molar-refractivity contribution in [3.63, 3.8) is 0 Å². The molecule has 0 bridgehead atoms. The van der Waals surface area contributed by atoms with Crippen LogP contribution in [0.3, 0.4) is 0 Å². The van der Waals surface area contributed by atoms with Gasteiger partial charge in [-0.15, -0.1) is 0 Å². The Bertz CT molecular complexity index is 390. The van der Waals surface area contributed by atoms with E-state index in [1.54, 1.807) is 0 Å². The van der Waals surface area contributed by atoms with E-state index < -0.39 is 24.6 Å². The summed E-state index contributed by atoms with van der Waals surface area (Å²) in [6.45, 7) is 0.111. The van der Waals surface area contributed by atoms with Crippen molar-refractivity contribution < 1.29 is 22.7 Å². The monoisotopic (exact) mass is 251 g/mol. The molecule has 0 aliphatic rings. The topological polar surface area (TPSA) is 23.5 Å². The Hall–Kier alpha value is -1.30. The van der Waals surface area contributed by atoms with Crippen LogP contribution in [-0.4, -0.2) is 24.9 Å². The second-order valence-corrected chi connectivity index (χ2v) is 3.82. The van der Waals surface area contributed by atoms with E-state index >= 15 is 0 Å². The quantitative estimate of drug-likeness (QED) is 0.835. The van der Waals surface area contributed by atoms with Crippen LogP contribution in [-0.2, 0) is 0 Å². The van der Waals surface area contributed by atoms with Gasteiger partial charge in [-0.2, -0.15) is 13.2 Å². The maximum absolute atomic E-state index is 13.4. The second-order valence-electron chi connectivity index (χ2n) is 3.82. The fraction of sp³-hybridized carbons (Fsp3) is 0.455. The van der Waals surface area contributed by atoms with Crippen LogP contribution in [0.15, 0.2) is 18.2 Å². The molecule has 0 aliphatic carbocycles. The zero-order chi connectivity index (χ0) is 13.2. The minimum atomic E-state index is -4.38. The van der Waals surface area contributed by atoms with Gasteiger partial charge in [0, 0.05) is 18.3 Å². The summed E-state index contributed by atoms with van der Waals surface area (Å²) in [5.41, 5.74) is -0.0865. The molecule has 1 unspecified atom stereocenters. The Balaban J connectivity index is 3.09. The number of aliphatic hydroxyl groups is 1. The molecule has 0 aromatic heterocycles. The highest BCUT2D eigenvalue weighted by Gasteiger charge is 2.30. The Morgan fingerprint density at radius 2 is 1.94 bits per heavy atom. The number of hydrogen-bond acceptors (Lipinski definition) is 2. The first-order chi connectivity index (χ1) is 7.72. The van der Waals surface area contributed by atoms with Gasteiger partial charge in [0.1, 0.15) is 12.4 Å². The third-order valence-corrected chi connectivity index (χ3v) is 2.28. The Morgan fingerprint density at radius 1 is 1.35 bits per heavy atom. The van der Waals surface area contributed by atoms with Crippen LogP contribution in [0.2, 0.25) is 0 Å². The summed E-state index contributed by atoms with van der Waals surface area (Å²) in [7, 11) is 1.20. The summed E-state index contributed by atoms with van der Waals surface area (Å²) < 4.78 is 50.1. The van der Waals surface area contributed by atoms with E-state index in [-0.39, 0.29) is 11.3 Å². The molecule has 1 rings (SSSR count). The summed E-state index contributed by atoms with van der Waals surface area (Å²) in [5.74, 6) is -0.716. The highest BCUT2D eigenvalue weighted by atomic mass is 19.4. The molecular formula is C11H13F4NO. The molecule has 0 fully saturated rings. The number of rotatable bonds is 3. The van der Waals surface area contributed by atoms with Crippen LogP contribution in [0.1, 0.15) is 18.6 Å². The van der Waals surface area contributed by atoms with Crippen molar-refractivity contribution in [3.8, 4) is 0 Å². The average molecular weight is 251 g/mol. The second kappa shape index (κ2) is 4.91. The fourth-order valence-corrected chi connectivity index (χ4v) is 1.63. The molecule has 0 spiro atoms. The summed E-state index contributed by atoms with van der Waals surface area (Å²) in [4.78, 5) is 0.866.